The van der Waals surface area contributed by atoms with Crippen LogP contribution in [0.1, 0.15) is 6.42 Å². The molecule has 25 heavy (non-hydrogen) atoms. The van der Waals surface area contributed by atoms with Crippen molar-refractivity contribution >= 4 is 34.1 Å². The number of nitrogens with one attached hydrogen (secondary N) is 1. The Morgan fingerprint density at radius 2 is 1.88 bits per heavy atom. The normalized spacial score (nSPS) is 13.0. The fraction of sp³-hybridized carbons (Fsp3) is 0.211. The Bertz CT molecular complexity index is 936. The second-order valence-corrected chi connectivity index (χ2v) is 6.25. The van der Waals surface area contributed by atoms with E-state index in [1.165, 1.54) is 0 Å². The van der Waals surface area contributed by atoms with Gasteiger partial charge in [-0.2, -0.15) is 0 Å². The van der Waals surface area contributed by atoms with E-state index in [4.69, 9.17) is 21.1 Å². The van der Waals surface area contributed by atoms with Crippen LogP contribution in [0.5, 0.6) is 11.5 Å². The van der Waals surface area contributed by atoms with E-state index < -0.39 is 0 Å². The molecule has 2 heterocycles. The molecule has 0 bridgehead atoms. The molecule has 2 aromatic carbocycles. The largest absolute Gasteiger partial charge is 0.486 e. The number of benzene rings is 2. The zero-order valence-corrected chi connectivity index (χ0v) is 14.3. The van der Waals surface area contributed by atoms with E-state index in [1.807, 2.05) is 30.5 Å². The number of hydrogen-bond acceptors (Lipinski definition) is 3. The number of anilines is 1. The van der Waals surface area contributed by atoms with Gasteiger partial charge >= 0.3 is 0 Å². The first-order valence-corrected chi connectivity index (χ1v) is 8.51. The highest BCUT2D eigenvalue weighted by Crippen LogP contribution is 2.38. The summed E-state index contributed by atoms with van der Waals surface area (Å²) in [5.41, 5.74) is 1.65. The Balaban J connectivity index is 1.44. The SMILES string of the molecule is O=C(CCn1ccc2ccccc21)Nc1cc2c(cc1Cl)OCCO2. The van der Waals surface area contributed by atoms with E-state index in [9.17, 15) is 4.79 Å². The predicted octanol–water partition coefficient (Wildman–Crippen LogP) is 4.09. The van der Waals surface area contributed by atoms with Crippen LogP contribution in [0, 0.1) is 0 Å². The number of hydrogen-bond donors (Lipinski definition) is 1. The van der Waals surface area contributed by atoms with E-state index in [2.05, 4.69) is 16.0 Å². The van der Waals surface area contributed by atoms with Crippen LogP contribution in [-0.2, 0) is 11.3 Å². The van der Waals surface area contributed by atoms with Crippen molar-refractivity contribution in [3.8, 4) is 11.5 Å². The minimum absolute atomic E-state index is 0.101. The molecule has 6 heteroatoms. The molecule has 4 rings (SSSR count). The van der Waals surface area contributed by atoms with Crippen LogP contribution in [0.4, 0.5) is 5.69 Å². The average Bonchev–Trinajstić information content (AvgIpc) is 3.04. The fourth-order valence-corrected chi connectivity index (χ4v) is 3.13. The number of aromatic nitrogens is 1. The standard InChI is InChI=1S/C19H17ClN2O3/c20-14-11-17-18(25-10-9-24-17)12-15(14)21-19(23)6-8-22-7-5-13-3-1-2-4-16(13)22/h1-5,7,11-12H,6,8-10H2,(H,21,23). The Morgan fingerprint density at radius 3 is 2.72 bits per heavy atom. The molecule has 1 aromatic heterocycles. The summed E-state index contributed by atoms with van der Waals surface area (Å²) in [5.74, 6) is 1.10. The van der Waals surface area contributed by atoms with Crippen LogP contribution in [0.25, 0.3) is 10.9 Å². The van der Waals surface area contributed by atoms with Gasteiger partial charge in [-0.1, -0.05) is 29.8 Å². The lowest BCUT2D eigenvalue weighted by atomic mass is 10.2. The number of rotatable bonds is 4. The van der Waals surface area contributed by atoms with E-state index in [0.29, 0.717) is 48.4 Å². The van der Waals surface area contributed by atoms with Gasteiger partial charge in [0, 0.05) is 36.8 Å². The highest BCUT2D eigenvalue weighted by atomic mass is 35.5. The monoisotopic (exact) mass is 356 g/mol. The van der Waals surface area contributed by atoms with E-state index in [0.717, 1.165) is 10.9 Å². The average molecular weight is 357 g/mol. The molecule has 0 saturated carbocycles. The summed E-state index contributed by atoms with van der Waals surface area (Å²) in [7, 11) is 0. The van der Waals surface area contributed by atoms with Gasteiger partial charge in [-0.3, -0.25) is 4.79 Å². The van der Waals surface area contributed by atoms with Gasteiger partial charge in [-0.15, -0.1) is 0 Å². The van der Waals surface area contributed by atoms with Crippen LogP contribution in [0.3, 0.4) is 0 Å². The van der Waals surface area contributed by atoms with Gasteiger partial charge in [0.25, 0.3) is 0 Å². The van der Waals surface area contributed by atoms with Crippen LogP contribution in [-0.4, -0.2) is 23.7 Å². The maximum atomic E-state index is 12.3. The number of para-hydroxylation sites is 1. The molecular formula is C19H17ClN2O3. The van der Waals surface area contributed by atoms with Gasteiger partial charge < -0.3 is 19.4 Å². The number of fused-ring (bicyclic) bond motifs is 2. The molecule has 0 unspecified atom stereocenters. The third kappa shape index (κ3) is 3.28. The van der Waals surface area contributed by atoms with Crippen LogP contribution >= 0.6 is 11.6 Å². The van der Waals surface area contributed by atoms with Crippen LogP contribution < -0.4 is 14.8 Å². The summed E-state index contributed by atoms with van der Waals surface area (Å²) in [6.45, 7) is 1.59. The summed E-state index contributed by atoms with van der Waals surface area (Å²) >= 11 is 6.23. The molecule has 0 fully saturated rings. The number of ether oxygens (including phenoxy) is 2. The quantitative estimate of drug-likeness (QED) is 0.765. The third-order valence-electron chi connectivity index (χ3n) is 4.17. The van der Waals surface area contributed by atoms with E-state index in [-0.39, 0.29) is 5.91 Å². The summed E-state index contributed by atoms with van der Waals surface area (Å²) in [5, 5.41) is 4.45. The van der Waals surface area contributed by atoms with Crippen molar-refractivity contribution in [2.24, 2.45) is 0 Å². The lowest BCUT2D eigenvalue weighted by Gasteiger charge is -2.20. The van der Waals surface area contributed by atoms with Crippen molar-refractivity contribution in [3.05, 3.63) is 53.7 Å². The number of carbonyl (C=O) groups is 1. The molecule has 1 N–H and O–H groups in total. The molecule has 1 aliphatic rings. The molecule has 0 aliphatic carbocycles. The van der Waals surface area contributed by atoms with Gasteiger partial charge in [-0.05, 0) is 17.5 Å². The Morgan fingerprint density at radius 1 is 1.12 bits per heavy atom. The molecule has 0 radical (unpaired) electrons. The lowest BCUT2D eigenvalue weighted by molar-refractivity contribution is -0.116. The highest BCUT2D eigenvalue weighted by Gasteiger charge is 2.16. The Hall–Kier alpha value is -2.66. The second-order valence-electron chi connectivity index (χ2n) is 5.84. The minimum atomic E-state index is -0.101. The van der Waals surface area contributed by atoms with Gasteiger partial charge in [0.15, 0.2) is 11.5 Å². The molecule has 5 nitrogen and oxygen atoms in total. The lowest BCUT2D eigenvalue weighted by Crippen LogP contribution is -2.17. The third-order valence-corrected chi connectivity index (χ3v) is 4.48. The zero-order chi connectivity index (χ0) is 17.2. The van der Waals surface area contributed by atoms with Crippen molar-refractivity contribution in [2.75, 3.05) is 18.5 Å². The summed E-state index contributed by atoms with van der Waals surface area (Å²) in [6, 6.07) is 13.5. The van der Waals surface area contributed by atoms with Crippen LogP contribution in [0.2, 0.25) is 5.02 Å². The maximum Gasteiger partial charge on any atom is 0.226 e. The van der Waals surface area contributed by atoms with Crippen molar-refractivity contribution in [1.82, 2.24) is 4.57 Å². The van der Waals surface area contributed by atoms with Crippen molar-refractivity contribution < 1.29 is 14.3 Å². The molecule has 128 valence electrons. The summed E-state index contributed by atoms with van der Waals surface area (Å²) in [4.78, 5) is 12.3. The molecule has 1 aliphatic heterocycles. The highest BCUT2D eigenvalue weighted by molar-refractivity contribution is 6.34. The first-order valence-electron chi connectivity index (χ1n) is 8.13. The van der Waals surface area contributed by atoms with Crippen LogP contribution in [0.15, 0.2) is 48.7 Å². The number of carbonyl (C=O) groups excluding carboxylic acids is 1. The molecule has 0 atom stereocenters. The Kier molecular flexibility index (Phi) is 4.24. The van der Waals surface area contributed by atoms with Crippen molar-refractivity contribution in [3.63, 3.8) is 0 Å². The number of amides is 1. The first-order chi connectivity index (χ1) is 12.2. The van der Waals surface area contributed by atoms with Gasteiger partial charge in [-0.25, -0.2) is 0 Å². The van der Waals surface area contributed by atoms with Gasteiger partial charge in [0.2, 0.25) is 5.91 Å². The Labute approximate surface area is 150 Å². The van der Waals surface area contributed by atoms with E-state index >= 15 is 0 Å². The number of aryl methyl sites for hydroxylation is 1. The smallest absolute Gasteiger partial charge is 0.226 e. The topological polar surface area (TPSA) is 52.5 Å². The maximum absolute atomic E-state index is 12.3. The molecule has 0 saturated heterocycles. The second kappa shape index (κ2) is 6.69. The van der Waals surface area contributed by atoms with Gasteiger partial charge in [0.1, 0.15) is 13.2 Å². The number of nitrogens with zero attached hydrogens (tertiary/aromatic N) is 1. The first kappa shape index (κ1) is 15.8. The molecule has 1 amide bonds. The molecular weight excluding hydrogens is 340 g/mol. The molecule has 3 aromatic rings. The summed E-state index contributed by atoms with van der Waals surface area (Å²) < 4.78 is 13.1. The minimum Gasteiger partial charge on any atom is -0.486 e. The van der Waals surface area contributed by atoms with E-state index in [1.54, 1.807) is 12.1 Å². The van der Waals surface area contributed by atoms with Crippen molar-refractivity contribution in [1.29, 1.82) is 0 Å². The fourth-order valence-electron chi connectivity index (χ4n) is 2.93. The molecule has 0 spiro atoms. The predicted molar refractivity (Wildman–Crippen MR) is 97.6 cm³/mol. The van der Waals surface area contributed by atoms with Crippen molar-refractivity contribution in [2.45, 2.75) is 13.0 Å². The number of halogens is 1. The summed E-state index contributed by atoms with van der Waals surface area (Å²) in [6.07, 6.45) is 2.35. The zero-order valence-electron chi connectivity index (χ0n) is 13.5. The van der Waals surface area contributed by atoms with Gasteiger partial charge in [0.05, 0.1) is 10.7 Å².